The lowest BCUT2D eigenvalue weighted by atomic mass is 9.96. The summed E-state index contributed by atoms with van der Waals surface area (Å²) in [4.78, 5) is 26.0. The first-order chi connectivity index (χ1) is 14.4. The number of rotatable bonds is 4. The molecular formula is C22H25ClN4O3. The number of hydrogen-bond donors (Lipinski definition) is 1. The minimum Gasteiger partial charge on any atom is -0.355 e. The van der Waals surface area contributed by atoms with Crippen LogP contribution < -0.4 is 10.9 Å². The fourth-order valence-electron chi connectivity index (χ4n) is 4.20. The number of hydrogen-bond acceptors (Lipinski definition) is 4. The van der Waals surface area contributed by atoms with Crippen molar-refractivity contribution in [1.82, 2.24) is 14.5 Å². The van der Waals surface area contributed by atoms with Crippen molar-refractivity contribution < 1.29 is 9.32 Å². The molecule has 0 atom stereocenters. The standard InChI is InChI=1S/C22H25ClN4O3/c1-13-18(25-30-20(13)15-9-11-16(23)12-10-15)21(28)24-19-14(2)26(3)27(22(19)29)17-7-5-4-6-8-17/h9-12,17H,4-8H2,1-3H3,(H,24,28). The summed E-state index contributed by atoms with van der Waals surface area (Å²) in [5, 5.41) is 7.34. The van der Waals surface area contributed by atoms with Gasteiger partial charge in [0, 0.05) is 23.2 Å². The molecule has 1 aliphatic carbocycles. The van der Waals surface area contributed by atoms with Crippen molar-refractivity contribution in [1.29, 1.82) is 0 Å². The van der Waals surface area contributed by atoms with E-state index in [1.54, 1.807) is 23.7 Å². The van der Waals surface area contributed by atoms with E-state index in [4.69, 9.17) is 16.1 Å². The van der Waals surface area contributed by atoms with E-state index in [1.807, 2.05) is 30.8 Å². The Morgan fingerprint density at radius 2 is 1.83 bits per heavy atom. The predicted molar refractivity (Wildman–Crippen MR) is 116 cm³/mol. The Balaban J connectivity index is 1.62. The third-order valence-electron chi connectivity index (χ3n) is 6.00. The molecule has 7 nitrogen and oxygen atoms in total. The van der Waals surface area contributed by atoms with Crippen LogP contribution in [0.3, 0.4) is 0 Å². The maximum Gasteiger partial charge on any atom is 0.291 e. The number of aromatic nitrogens is 3. The molecule has 0 spiro atoms. The van der Waals surface area contributed by atoms with Crippen LogP contribution in [0.25, 0.3) is 11.3 Å². The molecule has 0 radical (unpaired) electrons. The van der Waals surface area contributed by atoms with Crippen LogP contribution in [0.5, 0.6) is 0 Å². The summed E-state index contributed by atoms with van der Waals surface area (Å²) in [6.07, 6.45) is 5.41. The highest BCUT2D eigenvalue weighted by molar-refractivity contribution is 6.30. The van der Waals surface area contributed by atoms with Gasteiger partial charge in [-0.3, -0.25) is 14.3 Å². The van der Waals surface area contributed by atoms with E-state index >= 15 is 0 Å². The zero-order valence-corrected chi connectivity index (χ0v) is 18.1. The van der Waals surface area contributed by atoms with Gasteiger partial charge in [-0.15, -0.1) is 0 Å². The Bertz CT molecular complexity index is 1130. The summed E-state index contributed by atoms with van der Waals surface area (Å²) in [6.45, 7) is 3.61. The van der Waals surface area contributed by atoms with Gasteiger partial charge in [-0.05, 0) is 51.0 Å². The van der Waals surface area contributed by atoms with E-state index in [0.717, 1.165) is 36.9 Å². The van der Waals surface area contributed by atoms with Crippen LogP contribution in [0, 0.1) is 13.8 Å². The second-order valence-corrected chi connectivity index (χ2v) is 8.31. The van der Waals surface area contributed by atoms with Crippen molar-refractivity contribution in [2.75, 3.05) is 5.32 Å². The van der Waals surface area contributed by atoms with Gasteiger partial charge in [0.2, 0.25) is 0 Å². The number of carbonyl (C=O) groups is 1. The molecule has 158 valence electrons. The van der Waals surface area contributed by atoms with Gasteiger partial charge in [-0.25, -0.2) is 4.68 Å². The highest BCUT2D eigenvalue weighted by Crippen LogP contribution is 2.29. The van der Waals surface area contributed by atoms with Crippen LogP contribution in [0.2, 0.25) is 5.02 Å². The topological polar surface area (TPSA) is 82.1 Å². The number of nitrogens with zero attached hydrogens (tertiary/aromatic N) is 3. The first-order valence-electron chi connectivity index (χ1n) is 10.2. The summed E-state index contributed by atoms with van der Waals surface area (Å²) >= 11 is 5.94. The lowest BCUT2D eigenvalue weighted by molar-refractivity contribution is 0.101. The van der Waals surface area contributed by atoms with Crippen LogP contribution >= 0.6 is 11.6 Å². The molecule has 30 heavy (non-hydrogen) atoms. The molecule has 1 saturated carbocycles. The molecule has 2 heterocycles. The average molecular weight is 429 g/mol. The van der Waals surface area contributed by atoms with Gasteiger partial charge in [0.25, 0.3) is 11.5 Å². The highest BCUT2D eigenvalue weighted by atomic mass is 35.5. The fraction of sp³-hybridized carbons (Fsp3) is 0.409. The van der Waals surface area contributed by atoms with Crippen LogP contribution in [0.4, 0.5) is 5.69 Å². The van der Waals surface area contributed by atoms with Gasteiger partial charge in [0.15, 0.2) is 11.5 Å². The Hall–Kier alpha value is -2.80. The first kappa shape index (κ1) is 20.5. The van der Waals surface area contributed by atoms with Crippen LogP contribution in [0.1, 0.15) is 59.9 Å². The van der Waals surface area contributed by atoms with E-state index in [9.17, 15) is 9.59 Å². The number of carbonyl (C=O) groups excluding carboxylic acids is 1. The monoisotopic (exact) mass is 428 g/mol. The van der Waals surface area contributed by atoms with Gasteiger partial charge in [-0.2, -0.15) is 0 Å². The second kappa shape index (κ2) is 8.14. The normalized spacial score (nSPS) is 14.8. The van der Waals surface area contributed by atoms with Gasteiger partial charge in [-0.1, -0.05) is 36.0 Å². The van der Waals surface area contributed by atoms with Crippen molar-refractivity contribution in [2.45, 2.75) is 52.0 Å². The molecular weight excluding hydrogens is 404 g/mol. The summed E-state index contributed by atoms with van der Waals surface area (Å²) in [5.74, 6) is 0.0410. The van der Waals surface area contributed by atoms with E-state index < -0.39 is 5.91 Å². The molecule has 0 bridgehead atoms. The largest absolute Gasteiger partial charge is 0.355 e. The maximum absolute atomic E-state index is 13.1. The molecule has 0 saturated heterocycles. The van der Waals surface area contributed by atoms with Crippen LogP contribution in [-0.2, 0) is 7.05 Å². The van der Waals surface area contributed by atoms with Gasteiger partial charge >= 0.3 is 0 Å². The Morgan fingerprint density at radius 1 is 1.17 bits per heavy atom. The van der Waals surface area contributed by atoms with Crippen LogP contribution in [-0.4, -0.2) is 20.4 Å². The molecule has 3 aromatic rings. The molecule has 1 aromatic carbocycles. The smallest absolute Gasteiger partial charge is 0.291 e. The number of anilines is 1. The fourth-order valence-corrected chi connectivity index (χ4v) is 4.33. The van der Waals surface area contributed by atoms with E-state index in [2.05, 4.69) is 10.5 Å². The SMILES string of the molecule is Cc1c(C(=O)Nc2c(C)n(C)n(C3CCCCC3)c2=O)noc1-c1ccc(Cl)cc1. The quantitative estimate of drug-likeness (QED) is 0.642. The van der Waals surface area contributed by atoms with Crippen molar-refractivity contribution in [3.8, 4) is 11.3 Å². The Morgan fingerprint density at radius 3 is 2.50 bits per heavy atom. The van der Waals surface area contributed by atoms with Gasteiger partial charge in [0.1, 0.15) is 5.69 Å². The number of nitrogens with one attached hydrogen (secondary N) is 1. The number of amides is 1. The number of halogens is 1. The van der Waals surface area contributed by atoms with Gasteiger partial charge in [0.05, 0.1) is 11.7 Å². The van der Waals surface area contributed by atoms with Crippen LogP contribution in [0.15, 0.2) is 33.6 Å². The maximum atomic E-state index is 13.1. The lowest BCUT2D eigenvalue weighted by Gasteiger charge is -2.24. The number of benzene rings is 1. The molecule has 1 fully saturated rings. The Labute approximate surface area is 179 Å². The van der Waals surface area contributed by atoms with Crippen molar-refractivity contribution in [3.63, 3.8) is 0 Å². The van der Waals surface area contributed by atoms with E-state index in [0.29, 0.717) is 22.0 Å². The first-order valence-corrected chi connectivity index (χ1v) is 10.6. The molecule has 0 aliphatic heterocycles. The molecule has 0 unspecified atom stereocenters. The lowest BCUT2D eigenvalue weighted by Crippen LogP contribution is -2.29. The Kier molecular flexibility index (Phi) is 5.56. The predicted octanol–water partition coefficient (Wildman–Crippen LogP) is 4.87. The zero-order valence-electron chi connectivity index (χ0n) is 17.4. The van der Waals surface area contributed by atoms with Crippen molar-refractivity contribution in [3.05, 3.63) is 56.6 Å². The average Bonchev–Trinajstić information content (AvgIpc) is 3.22. The highest BCUT2D eigenvalue weighted by Gasteiger charge is 2.26. The van der Waals surface area contributed by atoms with Crippen molar-refractivity contribution in [2.24, 2.45) is 7.05 Å². The molecule has 1 N–H and O–H groups in total. The third kappa shape index (κ3) is 3.58. The molecule has 8 heteroatoms. The molecule has 1 aliphatic rings. The third-order valence-corrected chi connectivity index (χ3v) is 6.25. The second-order valence-electron chi connectivity index (χ2n) is 7.87. The van der Waals surface area contributed by atoms with Gasteiger partial charge < -0.3 is 9.84 Å². The molecule has 1 amide bonds. The minimum atomic E-state index is -0.460. The van der Waals surface area contributed by atoms with E-state index in [1.165, 1.54) is 6.42 Å². The summed E-state index contributed by atoms with van der Waals surface area (Å²) in [5.41, 5.74) is 2.39. The summed E-state index contributed by atoms with van der Waals surface area (Å²) in [7, 11) is 1.86. The van der Waals surface area contributed by atoms with Crippen molar-refractivity contribution >= 4 is 23.2 Å². The molecule has 4 rings (SSSR count). The molecule has 2 aromatic heterocycles. The summed E-state index contributed by atoms with van der Waals surface area (Å²) in [6, 6.07) is 7.29. The summed E-state index contributed by atoms with van der Waals surface area (Å²) < 4.78 is 9.05. The zero-order chi connectivity index (χ0) is 21.4. The van der Waals surface area contributed by atoms with E-state index in [-0.39, 0.29) is 17.3 Å². The minimum absolute atomic E-state index is 0.159.